The van der Waals surface area contributed by atoms with Crippen LogP contribution in [-0.2, 0) is 0 Å². The van der Waals surface area contributed by atoms with E-state index in [1.54, 1.807) is 11.8 Å². The molecule has 0 unspecified atom stereocenters. The maximum Gasteiger partial charge on any atom is 0.280 e. The summed E-state index contributed by atoms with van der Waals surface area (Å²) in [5, 5.41) is 4.21. The molecular formula is C24H17F3N2OS. The van der Waals surface area contributed by atoms with Gasteiger partial charge in [0.05, 0.1) is 17.4 Å². The van der Waals surface area contributed by atoms with Crippen molar-refractivity contribution in [1.29, 1.82) is 0 Å². The average molecular weight is 438 g/mol. The molecule has 4 rings (SSSR count). The zero-order valence-corrected chi connectivity index (χ0v) is 17.5. The molecule has 156 valence electrons. The van der Waals surface area contributed by atoms with Gasteiger partial charge < -0.3 is 0 Å². The highest BCUT2D eigenvalue weighted by atomic mass is 32.2. The van der Waals surface area contributed by atoms with Gasteiger partial charge in [-0.3, -0.25) is 4.79 Å². The van der Waals surface area contributed by atoms with Crippen LogP contribution in [0.3, 0.4) is 0 Å². The van der Waals surface area contributed by atoms with E-state index in [0.717, 1.165) is 32.8 Å². The first-order valence-corrected chi connectivity index (χ1v) is 10.6. The van der Waals surface area contributed by atoms with Gasteiger partial charge in [0.1, 0.15) is 5.82 Å². The number of rotatable bonds is 4. The third-order valence-corrected chi connectivity index (χ3v) is 5.86. The topological polar surface area (TPSA) is 34.9 Å². The number of hydrogen-bond donors (Lipinski definition) is 0. The standard InChI is InChI=1S/C24H17F3N2OS/c1-14-11-16(5-10-22(14)31-2)19-13-28-29(18-8-9-20(26)21(27)12-18)24(30)23(19)15-3-6-17(25)7-4-15/h3-13H,1-2H3. The highest BCUT2D eigenvalue weighted by Gasteiger charge is 2.17. The maximum atomic E-state index is 13.8. The second-order valence-electron chi connectivity index (χ2n) is 6.94. The number of aromatic nitrogens is 2. The molecule has 0 bridgehead atoms. The van der Waals surface area contributed by atoms with E-state index in [4.69, 9.17) is 0 Å². The molecule has 0 saturated carbocycles. The summed E-state index contributed by atoms with van der Waals surface area (Å²) in [5.41, 5.74) is 2.72. The van der Waals surface area contributed by atoms with Crippen molar-refractivity contribution in [3.63, 3.8) is 0 Å². The Balaban J connectivity index is 1.98. The van der Waals surface area contributed by atoms with E-state index < -0.39 is 23.0 Å². The van der Waals surface area contributed by atoms with Gasteiger partial charge in [-0.1, -0.05) is 24.3 Å². The molecule has 0 radical (unpaired) electrons. The van der Waals surface area contributed by atoms with Crippen LogP contribution in [0.5, 0.6) is 0 Å². The van der Waals surface area contributed by atoms with Crippen LogP contribution in [0.25, 0.3) is 27.9 Å². The Kier molecular flexibility index (Phi) is 5.69. The summed E-state index contributed by atoms with van der Waals surface area (Å²) in [4.78, 5) is 14.5. The third kappa shape index (κ3) is 4.01. The van der Waals surface area contributed by atoms with Crippen molar-refractivity contribution < 1.29 is 13.2 Å². The zero-order chi connectivity index (χ0) is 22.1. The van der Waals surface area contributed by atoms with Crippen LogP contribution >= 0.6 is 11.8 Å². The molecule has 0 aliphatic heterocycles. The number of nitrogens with zero attached hydrogens (tertiary/aromatic N) is 2. The molecule has 4 aromatic rings. The lowest BCUT2D eigenvalue weighted by Crippen LogP contribution is -2.23. The molecule has 0 aliphatic rings. The smallest absolute Gasteiger partial charge is 0.267 e. The molecular weight excluding hydrogens is 421 g/mol. The summed E-state index contributed by atoms with van der Waals surface area (Å²) in [5.74, 6) is -2.53. The Morgan fingerprint density at radius 1 is 0.871 bits per heavy atom. The Bertz CT molecular complexity index is 1330. The average Bonchev–Trinajstić information content (AvgIpc) is 2.76. The van der Waals surface area contributed by atoms with Gasteiger partial charge >= 0.3 is 0 Å². The van der Waals surface area contributed by atoms with Crippen molar-refractivity contribution in [3.8, 4) is 27.9 Å². The molecule has 0 fully saturated rings. The lowest BCUT2D eigenvalue weighted by molar-refractivity contribution is 0.507. The van der Waals surface area contributed by atoms with E-state index in [1.807, 2.05) is 31.4 Å². The van der Waals surface area contributed by atoms with Gasteiger partial charge in [0.2, 0.25) is 0 Å². The SMILES string of the molecule is CSc1ccc(-c2cnn(-c3ccc(F)c(F)c3)c(=O)c2-c2ccc(F)cc2)cc1C. The molecule has 0 aliphatic carbocycles. The van der Waals surface area contributed by atoms with Crippen molar-refractivity contribution >= 4 is 11.8 Å². The highest BCUT2D eigenvalue weighted by Crippen LogP contribution is 2.32. The van der Waals surface area contributed by atoms with Crippen LogP contribution in [0.1, 0.15) is 5.56 Å². The molecule has 3 aromatic carbocycles. The minimum atomic E-state index is -1.08. The van der Waals surface area contributed by atoms with E-state index >= 15 is 0 Å². The van der Waals surface area contributed by atoms with E-state index in [0.29, 0.717) is 11.1 Å². The highest BCUT2D eigenvalue weighted by molar-refractivity contribution is 7.98. The van der Waals surface area contributed by atoms with Gasteiger partial charge in [-0.25, -0.2) is 13.2 Å². The quantitative estimate of drug-likeness (QED) is 0.366. The van der Waals surface area contributed by atoms with Crippen LogP contribution in [0.15, 0.2) is 76.6 Å². The fourth-order valence-electron chi connectivity index (χ4n) is 3.41. The van der Waals surface area contributed by atoms with Gasteiger partial charge in [0.15, 0.2) is 11.6 Å². The molecule has 0 N–H and O–H groups in total. The molecule has 0 amide bonds. The molecule has 3 nitrogen and oxygen atoms in total. The van der Waals surface area contributed by atoms with Crippen molar-refractivity contribution in [1.82, 2.24) is 9.78 Å². The fourth-order valence-corrected chi connectivity index (χ4v) is 4.00. The fraction of sp³-hybridized carbons (Fsp3) is 0.0833. The summed E-state index contributed by atoms with van der Waals surface area (Å²) >= 11 is 1.62. The molecule has 0 atom stereocenters. The lowest BCUT2D eigenvalue weighted by atomic mass is 9.96. The Morgan fingerprint density at radius 3 is 2.23 bits per heavy atom. The minimum Gasteiger partial charge on any atom is -0.267 e. The van der Waals surface area contributed by atoms with Crippen LogP contribution in [0, 0.1) is 24.4 Å². The Morgan fingerprint density at radius 2 is 1.58 bits per heavy atom. The molecule has 0 spiro atoms. The monoisotopic (exact) mass is 438 g/mol. The summed E-state index contributed by atoms with van der Waals surface area (Å²) in [6.45, 7) is 1.98. The molecule has 1 aromatic heterocycles. The number of benzene rings is 3. The Hall–Kier alpha value is -3.32. The predicted octanol–water partition coefficient (Wildman–Crippen LogP) is 6.01. The summed E-state index contributed by atoms with van der Waals surface area (Å²) in [6, 6.07) is 14.5. The Labute approximate surface area is 181 Å². The first kappa shape index (κ1) is 20.9. The van der Waals surface area contributed by atoms with Crippen molar-refractivity contribution in [2.75, 3.05) is 6.26 Å². The molecule has 7 heteroatoms. The normalized spacial score (nSPS) is 11.0. The number of aryl methyl sites for hydroxylation is 1. The van der Waals surface area contributed by atoms with Gasteiger partial charge in [0.25, 0.3) is 5.56 Å². The first-order valence-electron chi connectivity index (χ1n) is 9.37. The van der Waals surface area contributed by atoms with Crippen LogP contribution in [-0.4, -0.2) is 16.0 Å². The summed E-state index contributed by atoms with van der Waals surface area (Å²) < 4.78 is 41.6. The maximum absolute atomic E-state index is 13.8. The minimum absolute atomic E-state index is 0.0905. The molecule has 1 heterocycles. The van der Waals surface area contributed by atoms with E-state index in [1.165, 1.54) is 36.5 Å². The largest absolute Gasteiger partial charge is 0.280 e. The van der Waals surface area contributed by atoms with Gasteiger partial charge in [0, 0.05) is 16.5 Å². The predicted molar refractivity (Wildman–Crippen MR) is 117 cm³/mol. The van der Waals surface area contributed by atoms with E-state index in [-0.39, 0.29) is 11.3 Å². The number of thioether (sulfide) groups is 1. The second kappa shape index (κ2) is 8.43. The lowest BCUT2D eigenvalue weighted by Gasteiger charge is -2.14. The number of hydrogen-bond acceptors (Lipinski definition) is 3. The number of halogens is 3. The van der Waals surface area contributed by atoms with Crippen molar-refractivity contribution in [2.24, 2.45) is 0 Å². The van der Waals surface area contributed by atoms with Crippen LogP contribution in [0.4, 0.5) is 13.2 Å². The van der Waals surface area contributed by atoms with Gasteiger partial charge in [-0.15, -0.1) is 11.8 Å². The van der Waals surface area contributed by atoms with Gasteiger partial charge in [-0.2, -0.15) is 9.78 Å². The van der Waals surface area contributed by atoms with Crippen molar-refractivity contribution in [3.05, 3.63) is 100 Å². The van der Waals surface area contributed by atoms with Crippen LogP contribution in [0.2, 0.25) is 0 Å². The van der Waals surface area contributed by atoms with Crippen molar-refractivity contribution in [2.45, 2.75) is 11.8 Å². The molecule has 0 saturated heterocycles. The third-order valence-electron chi connectivity index (χ3n) is 4.96. The van der Waals surface area contributed by atoms with Crippen LogP contribution < -0.4 is 5.56 Å². The van der Waals surface area contributed by atoms with E-state index in [9.17, 15) is 18.0 Å². The van der Waals surface area contributed by atoms with Gasteiger partial charge in [-0.05, 0) is 60.2 Å². The summed E-state index contributed by atoms with van der Waals surface area (Å²) in [7, 11) is 0. The molecule has 31 heavy (non-hydrogen) atoms. The zero-order valence-electron chi connectivity index (χ0n) is 16.7. The first-order chi connectivity index (χ1) is 14.9. The second-order valence-corrected chi connectivity index (χ2v) is 7.79. The summed E-state index contributed by atoms with van der Waals surface area (Å²) in [6.07, 6.45) is 3.49. The van der Waals surface area contributed by atoms with E-state index in [2.05, 4.69) is 5.10 Å².